The van der Waals surface area contributed by atoms with Gasteiger partial charge in [0.05, 0.1) is 0 Å². The van der Waals surface area contributed by atoms with E-state index >= 15 is 0 Å². The summed E-state index contributed by atoms with van der Waals surface area (Å²) in [5.74, 6) is 0.118. The minimum Gasteiger partial charge on any atom is -0.381 e. The Bertz CT molecular complexity index is 1290. The van der Waals surface area contributed by atoms with Crippen LogP contribution in [0.3, 0.4) is 0 Å². The molecule has 8 heteroatoms. The van der Waals surface area contributed by atoms with E-state index in [1.54, 1.807) is 60.7 Å². The van der Waals surface area contributed by atoms with E-state index in [1.165, 1.54) is 12.1 Å². The van der Waals surface area contributed by atoms with Crippen molar-refractivity contribution in [3.8, 4) is 11.5 Å². The highest BCUT2D eigenvalue weighted by Crippen LogP contribution is 2.28. The molecule has 0 radical (unpaired) electrons. The molecular weight excluding hydrogens is 412 g/mol. The Balaban J connectivity index is 1.60. The van der Waals surface area contributed by atoms with E-state index in [4.69, 9.17) is 8.37 Å². The van der Waals surface area contributed by atoms with Gasteiger partial charge in [-0.2, -0.15) is 16.8 Å². The van der Waals surface area contributed by atoms with Crippen molar-refractivity contribution in [1.29, 1.82) is 0 Å². The Morgan fingerprint density at radius 2 is 0.897 bits per heavy atom. The van der Waals surface area contributed by atoms with E-state index < -0.39 is 25.3 Å². The Morgan fingerprint density at radius 1 is 0.517 bits per heavy atom. The van der Waals surface area contributed by atoms with Crippen molar-refractivity contribution < 1.29 is 25.2 Å². The lowest BCUT2D eigenvalue weighted by Gasteiger charge is -2.12. The number of fused-ring (bicyclic) bond motifs is 2. The van der Waals surface area contributed by atoms with Gasteiger partial charge in [0.1, 0.15) is 11.5 Å². The monoisotopic (exact) mass is 428 g/mol. The summed E-state index contributed by atoms with van der Waals surface area (Å²) in [6.07, 6.45) is 0. The molecule has 0 aromatic heterocycles. The molecule has 148 valence electrons. The van der Waals surface area contributed by atoms with Gasteiger partial charge in [0.25, 0.3) is 0 Å². The van der Waals surface area contributed by atoms with E-state index in [0.717, 1.165) is 10.8 Å². The van der Waals surface area contributed by atoms with E-state index in [9.17, 15) is 16.8 Å². The van der Waals surface area contributed by atoms with Crippen LogP contribution in [0.4, 0.5) is 0 Å². The largest absolute Gasteiger partial charge is 0.381 e. The van der Waals surface area contributed by atoms with Crippen LogP contribution in [0.1, 0.15) is 0 Å². The number of hydrogen-bond acceptors (Lipinski definition) is 6. The molecule has 6 nitrogen and oxygen atoms in total. The van der Waals surface area contributed by atoms with Gasteiger partial charge in [-0.1, -0.05) is 72.8 Å². The molecule has 0 fully saturated rings. The molecule has 4 rings (SSSR count). The Hall–Kier alpha value is -3.10. The van der Waals surface area contributed by atoms with Crippen molar-refractivity contribution in [3.05, 3.63) is 84.9 Å². The zero-order valence-electron chi connectivity index (χ0n) is 15.1. The highest BCUT2D eigenvalue weighted by molar-refractivity contribution is 8.04. The average molecular weight is 428 g/mol. The van der Waals surface area contributed by atoms with Crippen molar-refractivity contribution in [3.63, 3.8) is 0 Å². The summed E-state index contributed by atoms with van der Waals surface area (Å²) in [7, 11) is -8.94. The molecule has 0 bridgehead atoms. The summed E-state index contributed by atoms with van der Waals surface area (Å²) in [6, 6.07) is 23.9. The zero-order valence-corrected chi connectivity index (χ0v) is 16.7. The molecule has 0 aliphatic rings. The fourth-order valence-electron chi connectivity index (χ4n) is 3.04. The SMILES string of the molecule is O=S(=O)(CS(=O)(=O)Oc1cccc2ccccc12)Oc1cccc2ccccc12. The van der Waals surface area contributed by atoms with Crippen molar-refractivity contribution in [2.75, 3.05) is 5.08 Å². The molecule has 0 unspecified atom stereocenters. The molecule has 0 saturated heterocycles. The topological polar surface area (TPSA) is 86.7 Å². The molecule has 0 aliphatic heterocycles. The number of rotatable bonds is 6. The predicted molar refractivity (Wildman–Crippen MR) is 112 cm³/mol. The van der Waals surface area contributed by atoms with Crippen LogP contribution < -0.4 is 8.37 Å². The third kappa shape index (κ3) is 4.33. The summed E-state index contributed by atoms with van der Waals surface area (Å²) >= 11 is 0. The van der Waals surface area contributed by atoms with Crippen molar-refractivity contribution >= 4 is 41.8 Å². The normalized spacial score (nSPS) is 12.1. The molecule has 0 saturated carbocycles. The Kier molecular flexibility index (Phi) is 4.89. The first-order valence-corrected chi connectivity index (χ1v) is 11.8. The van der Waals surface area contributed by atoms with Crippen molar-refractivity contribution in [2.24, 2.45) is 0 Å². The standard InChI is InChI=1S/C21H16O6S2/c22-28(23,26-20-13-5-9-16-7-1-3-11-18(16)20)15-29(24,25)27-21-14-6-10-17-8-2-4-12-19(17)21/h1-14H,15H2. The van der Waals surface area contributed by atoms with Crippen molar-refractivity contribution in [1.82, 2.24) is 0 Å². The van der Waals surface area contributed by atoms with Crippen LogP contribution in [0, 0.1) is 0 Å². The lowest BCUT2D eigenvalue weighted by molar-refractivity contribution is 0.477. The van der Waals surface area contributed by atoms with Gasteiger partial charge in [-0.15, -0.1) is 0 Å². The summed E-state index contributed by atoms with van der Waals surface area (Å²) in [6.45, 7) is 0. The summed E-state index contributed by atoms with van der Waals surface area (Å²) < 4.78 is 59.9. The zero-order chi connectivity index (χ0) is 20.5. The molecule has 0 atom stereocenters. The lowest BCUT2D eigenvalue weighted by Crippen LogP contribution is -2.24. The maximum atomic E-state index is 12.4. The molecule has 4 aromatic rings. The van der Waals surface area contributed by atoms with Crippen LogP contribution in [-0.2, 0) is 20.2 Å². The minimum atomic E-state index is -4.47. The van der Waals surface area contributed by atoms with Crippen LogP contribution in [0.15, 0.2) is 84.9 Å². The quantitative estimate of drug-likeness (QED) is 0.430. The summed E-state index contributed by atoms with van der Waals surface area (Å²) in [4.78, 5) is 0. The number of hydrogen-bond donors (Lipinski definition) is 0. The highest BCUT2D eigenvalue weighted by Gasteiger charge is 2.27. The van der Waals surface area contributed by atoms with Crippen molar-refractivity contribution in [2.45, 2.75) is 0 Å². The lowest BCUT2D eigenvalue weighted by atomic mass is 10.1. The van der Waals surface area contributed by atoms with Gasteiger partial charge in [-0.25, -0.2) is 0 Å². The Morgan fingerprint density at radius 3 is 1.34 bits per heavy atom. The Labute approximate surface area is 168 Å². The van der Waals surface area contributed by atoms with Crippen LogP contribution in [-0.4, -0.2) is 21.9 Å². The third-order valence-electron chi connectivity index (χ3n) is 4.22. The second-order valence-electron chi connectivity index (χ2n) is 6.35. The number of benzene rings is 4. The summed E-state index contributed by atoms with van der Waals surface area (Å²) in [5, 5.41) is 1.36. The van der Waals surface area contributed by atoms with Gasteiger partial charge in [-0.05, 0) is 22.9 Å². The molecular formula is C21H16O6S2. The molecule has 29 heavy (non-hydrogen) atoms. The van der Waals surface area contributed by atoms with Gasteiger partial charge >= 0.3 is 20.2 Å². The fourth-order valence-corrected chi connectivity index (χ4v) is 5.67. The van der Waals surface area contributed by atoms with Crippen LogP contribution in [0.5, 0.6) is 11.5 Å². The van der Waals surface area contributed by atoms with Crippen LogP contribution >= 0.6 is 0 Å². The van der Waals surface area contributed by atoms with E-state index in [-0.39, 0.29) is 11.5 Å². The first-order chi connectivity index (χ1) is 13.8. The third-order valence-corrected chi connectivity index (χ3v) is 7.40. The highest BCUT2D eigenvalue weighted by atomic mass is 32.3. The first-order valence-electron chi connectivity index (χ1n) is 8.63. The first kappa shape index (κ1) is 19.2. The van der Waals surface area contributed by atoms with Gasteiger partial charge in [-0.3, -0.25) is 0 Å². The molecule has 4 aromatic carbocycles. The van der Waals surface area contributed by atoms with Crippen LogP contribution in [0.2, 0.25) is 0 Å². The molecule has 0 heterocycles. The van der Waals surface area contributed by atoms with E-state index in [1.807, 2.05) is 12.1 Å². The maximum Gasteiger partial charge on any atom is 0.327 e. The van der Waals surface area contributed by atoms with Crippen LogP contribution in [0.25, 0.3) is 21.5 Å². The second kappa shape index (κ2) is 7.38. The van der Waals surface area contributed by atoms with Gasteiger partial charge in [0.2, 0.25) is 5.08 Å². The second-order valence-corrected chi connectivity index (χ2v) is 9.86. The molecule has 0 aliphatic carbocycles. The molecule has 0 amide bonds. The summed E-state index contributed by atoms with van der Waals surface area (Å²) in [5.41, 5.74) is 0. The predicted octanol–water partition coefficient (Wildman–Crippen LogP) is 4.07. The molecule has 0 spiro atoms. The van der Waals surface area contributed by atoms with E-state index in [0.29, 0.717) is 10.8 Å². The average Bonchev–Trinajstić information content (AvgIpc) is 2.67. The minimum absolute atomic E-state index is 0.0588. The smallest absolute Gasteiger partial charge is 0.327 e. The van der Waals surface area contributed by atoms with E-state index in [2.05, 4.69) is 0 Å². The fraction of sp³-hybridized carbons (Fsp3) is 0.0476. The van der Waals surface area contributed by atoms with Gasteiger partial charge < -0.3 is 8.37 Å². The molecule has 0 N–H and O–H groups in total. The van der Waals surface area contributed by atoms with Gasteiger partial charge in [0.15, 0.2) is 0 Å². The maximum absolute atomic E-state index is 12.4. The van der Waals surface area contributed by atoms with Gasteiger partial charge in [0, 0.05) is 10.8 Å².